The molecule has 0 radical (unpaired) electrons. The number of anilines is 2. The summed E-state index contributed by atoms with van der Waals surface area (Å²) in [5, 5.41) is 4.95. The second-order valence-corrected chi connectivity index (χ2v) is 5.43. The van der Waals surface area contributed by atoms with Crippen LogP contribution in [0.1, 0.15) is 10.4 Å². The van der Waals surface area contributed by atoms with Gasteiger partial charge in [0, 0.05) is 12.3 Å². The Kier molecular flexibility index (Phi) is 6.30. The van der Waals surface area contributed by atoms with Crippen LogP contribution in [-0.2, 0) is 0 Å². The van der Waals surface area contributed by atoms with Gasteiger partial charge in [-0.2, -0.15) is 4.98 Å². The topological polar surface area (TPSA) is 97.5 Å². The van der Waals surface area contributed by atoms with Crippen molar-refractivity contribution >= 4 is 40.5 Å². The molecule has 128 valence electrons. The van der Waals surface area contributed by atoms with E-state index in [4.69, 9.17) is 17.3 Å². The van der Waals surface area contributed by atoms with Crippen molar-refractivity contribution in [3.8, 4) is 0 Å². The van der Waals surface area contributed by atoms with Crippen LogP contribution in [0.5, 0.6) is 0 Å². The number of nitrogen functional groups attached to an aromatic ring is 1. The van der Waals surface area contributed by atoms with Crippen molar-refractivity contribution in [2.24, 2.45) is 0 Å². The van der Waals surface area contributed by atoms with E-state index < -0.39 is 0 Å². The molecule has 0 unspecified atom stereocenters. The molecule has 0 aliphatic rings. The number of para-hydroxylation sites is 1. The van der Waals surface area contributed by atoms with Gasteiger partial charge in [-0.05, 0) is 30.3 Å². The number of carbonyl (C=O) groups is 1. The quantitative estimate of drug-likeness (QED) is 0.422. The van der Waals surface area contributed by atoms with Crippen LogP contribution in [0.4, 0.5) is 23.0 Å². The fourth-order valence-electron chi connectivity index (χ4n) is 2.10. The fourth-order valence-corrected chi connectivity index (χ4v) is 2.21. The van der Waals surface area contributed by atoms with Crippen molar-refractivity contribution in [3.05, 3.63) is 71.5 Å². The van der Waals surface area contributed by atoms with Crippen molar-refractivity contribution in [3.63, 3.8) is 0 Å². The Morgan fingerprint density at radius 3 is 2.48 bits per heavy atom. The molecule has 0 spiro atoms. The number of benzene rings is 1. The molecule has 1 aromatic carbocycles. The number of aromatic nitrogens is 2. The van der Waals surface area contributed by atoms with Gasteiger partial charge in [0.05, 0.1) is 11.3 Å². The summed E-state index contributed by atoms with van der Waals surface area (Å²) in [6.45, 7) is 0. The minimum Gasteiger partial charge on any atom is -1.00 e. The zero-order chi connectivity index (χ0) is 16.9. The smallest absolute Gasteiger partial charge is 0.257 e. The van der Waals surface area contributed by atoms with Crippen LogP contribution in [0.2, 0.25) is 5.15 Å². The maximum atomic E-state index is 12.2. The number of carbonyl (C=O) groups excluding carboxylic acids is 1. The van der Waals surface area contributed by atoms with E-state index in [2.05, 4.69) is 15.3 Å². The number of halogens is 2. The second-order valence-electron chi connectivity index (χ2n) is 5.05. The third-order valence-corrected chi connectivity index (χ3v) is 3.52. The number of amides is 1. The van der Waals surface area contributed by atoms with Gasteiger partial charge in [0.15, 0.2) is 5.82 Å². The summed E-state index contributed by atoms with van der Waals surface area (Å²) in [7, 11) is 0. The lowest BCUT2D eigenvalue weighted by molar-refractivity contribution is -0.482. The summed E-state index contributed by atoms with van der Waals surface area (Å²) in [4.78, 5) is 20.3. The van der Waals surface area contributed by atoms with Crippen LogP contribution >= 0.6 is 11.6 Å². The lowest BCUT2D eigenvalue weighted by Gasteiger charge is -2.08. The van der Waals surface area contributed by atoms with Crippen LogP contribution < -0.4 is 28.8 Å². The lowest BCUT2D eigenvalue weighted by Crippen LogP contribution is -3.00. The molecule has 1 amide bonds. The van der Waals surface area contributed by atoms with E-state index in [1.54, 1.807) is 24.3 Å². The number of rotatable bonds is 4. The van der Waals surface area contributed by atoms with E-state index in [1.807, 2.05) is 35.6 Å². The average Bonchev–Trinajstić information content (AvgIpc) is 2.59. The van der Waals surface area contributed by atoms with Crippen molar-refractivity contribution in [1.29, 1.82) is 0 Å². The highest BCUT2D eigenvalue weighted by Crippen LogP contribution is 2.18. The van der Waals surface area contributed by atoms with Crippen LogP contribution in [0, 0.1) is 0 Å². The molecule has 25 heavy (non-hydrogen) atoms. The standard InChI is InChI=1S/C17H14ClN5O.ClH/c18-14-8-6-11(10-20-14)17(24)22-13-7-9-15(23-16(13)19)21-12-4-2-1-3-5-12;/h1-10H,(H,22,24)(H3,19,21,23);1H. The Balaban J connectivity index is 0.00000225. The van der Waals surface area contributed by atoms with Crippen LogP contribution in [0.25, 0.3) is 0 Å². The maximum Gasteiger partial charge on any atom is 0.257 e. The summed E-state index contributed by atoms with van der Waals surface area (Å²) in [6.07, 6.45) is 1.40. The molecule has 3 aromatic rings. The third-order valence-electron chi connectivity index (χ3n) is 3.30. The molecule has 0 fully saturated rings. The molecule has 3 rings (SSSR count). The number of nitrogens with zero attached hydrogens (tertiary/aromatic N) is 2. The lowest BCUT2D eigenvalue weighted by atomic mass is 10.2. The summed E-state index contributed by atoms with van der Waals surface area (Å²) in [5.41, 5.74) is 7.80. The molecule has 6 nitrogen and oxygen atoms in total. The molecular weight excluding hydrogens is 361 g/mol. The molecule has 0 bridgehead atoms. The van der Waals surface area contributed by atoms with E-state index in [1.165, 1.54) is 6.20 Å². The van der Waals surface area contributed by atoms with Crippen LogP contribution in [0.15, 0.2) is 60.8 Å². The molecular formula is C17H15Cl2N5O. The predicted molar refractivity (Wildman–Crippen MR) is 93.5 cm³/mol. The first kappa shape index (κ1) is 18.7. The normalized spacial score (nSPS) is 9.96. The predicted octanol–water partition coefficient (Wildman–Crippen LogP) is -0.505. The van der Waals surface area contributed by atoms with Crippen LogP contribution in [0.3, 0.4) is 0 Å². The van der Waals surface area contributed by atoms with Gasteiger partial charge < -0.3 is 23.5 Å². The Labute approximate surface area is 155 Å². The molecule has 2 heterocycles. The number of nitrogens with one attached hydrogen (secondary N) is 1. The Morgan fingerprint density at radius 2 is 1.84 bits per heavy atom. The Hall–Kier alpha value is -2.67. The van der Waals surface area contributed by atoms with Crippen molar-refractivity contribution < 1.29 is 22.5 Å². The molecule has 0 saturated carbocycles. The molecule has 0 aliphatic carbocycles. The SMILES string of the molecule is Nc1nc([NH2+]c2ccccc2)ccc1NC(=O)c1ccc(Cl)nc1.[Cl-]. The number of pyridine rings is 2. The first-order valence-corrected chi connectivity index (χ1v) is 7.59. The van der Waals surface area contributed by atoms with Crippen LogP contribution in [-0.4, -0.2) is 15.9 Å². The first-order valence-electron chi connectivity index (χ1n) is 7.21. The van der Waals surface area contributed by atoms with E-state index in [-0.39, 0.29) is 24.1 Å². The summed E-state index contributed by atoms with van der Waals surface area (Å²) in [6, 6.07) is 16.4. The summed E-state index contributed by atoms with van der Waals surface area (Å²) in [5.74, 6) is 0.632. The highest BCUT2D eigenvalue weighted by atomic mass is 35.5. The molecule has 2 aromatic heterocycles. The van der Waals surface area contributed by atoms with Gasteiger partial charge in [-0.15, -0.1) is 0 Å². The monoisotopic (exact) mass is 375 g/mol. The summed E-state index contributed by atoms with van der Waals surface area (Å²) >= 11 is 5.71. The minimum absolute atomic E-state index is 0. The largest absolute Gasteiger partial charge is 1.00 e. The van der Waals surface area contributed by atoms with Gasteiger partial charge in [-0.3, -0.25) is 10.1 Å². The Morgan fingerprint density at radius 1 is 1.08 bits per heavy atom. The molecule has 8 heteroatoms. The van der Waals surface area contributed by atoms with E-state index >= 15 is 0 Å². The number of hydrogen-bond donors (Lipinski definition) is 3. The zero-order valence-electron chi connectivity index (χ0n) is 13.0. The first-order chi connectivity index (χ1) is 11.6. The van der Waals surface area contributed by atoms with Gasteiger partial charge in [0.25, 0.3) is 5.91 Å². The molecule has 0 saturated heterocycles. The van der Waals surface area contributed by atoms with Crippen molar-refractivity contribution in [2.45, 2.75) is 0 Å². The maximum absolute atomic E-state index is 12.2. The molecule has 5 N–H and O–H groups in total. The van der Waals surface area contributed by atoms with Crippen molar-refractivity contribution in [1.82, 2.24) is 9.97 Å². The number of nitrogens with two attached hydrogens (primary N) is 2. The average molecular weight is 376 g/mol. The van der Waals surface area contributed by atoms with Gasteiger partial charge in [-0.25, -0.2) is 4.98 Å². The highest BCUT2D eigenvalue weighted by Gasteiger charge is 2.11. The van der Waals surface area contributed by atoms with Gasteiger partial charge in [0.1, 0.15) is 10.8 Å². The Bertz CT molecular complexity index is 857. The second kappa shape index (κ2) is 8.43. The number of quaternary nitrogens is 1. The zero-order valence-corrected chi connectivity index (χ0v) is 14.5. The fraction of sp³-hybridized carbons (Fsp3) is 0. The minimum atomic E-state index is -0.326. The third kappa shape index (κ3) is 4.90. The highest BCUT2D eigenvalue weighted by molar-refractivity contribution is 6.29. The van der Waals surface area contributed by atoms with Gasteiger partial charge in [0.2, 0.25) is 5.82 Å². The van der Waals surface area contributed by atoms with E-state index in [0.717, 1.165) is 5.69 Å². The number of hydrogen-bond acceptors (Lipinski definition) is 4. The molecule has 0 aliphatic heterocycles. The van der Waals surface area contributed by atoms with E-state index in [0.29, 0.717) is 22.2 Å². The van der Waals surface area contributed by atoms with Gasteiger partial charge >= 0.3 is 0 Å². The summed E-state index contributed by atoms with van der Waals surface area (Å²) < 4.78 is 0. The van der Waals surface area contributed by atoms with Crippen molar-refractivity contribution in [2.75, 3.05) is 11.1 Å². The van der Waals surface area contributed by atoms with E-state index in [9.17, 15) is 4.79 Å². The van der Waals surface area contributed by atoms with Gasteiger partial charge in [-0.1, -0.05) is 29.8 Å². The molecule has 0 atom stereocenters.